The van der Waals surface area contributed by atoms with E-state index in [0.29, 0.717) is 24.8 Å². The Hall–Kier alpha value is -1.40. The summed E-state index contributed by atoms with van der Waals surface area (Å²) in [5, 5.41) is 0. The molecule has 0 unspecified atom stereocenters. The molecule has 0 aliphatic carbocycles. The van der Waals surface area contributed by atoms with Crippen LogP contribution in [0.1, 0.15) is 38.4 Å². The number of sulfonamides is 1. The molecule has 24 heavy (non-hydrogen) atoms. The van der Waals surface area contributed by atoms with Gasteiger partial charge in [0.15, 0.2) is 0 Å². The minimum absolute atomic E-state index is 0.291. The Kier molecular flexibility index (Phi) is 5.25. The van der Waals surface area contributed by atoms with Gasteiger partial charge in [-0.1, -0.05) is 25.5 Å². The van der Waals surface area contributed by atoms with Gasteiger partial charge in [-0.2, -0.15) is 0 Å². The molecule has 2 aromatic rings. The van der Waals surface area contributed by atoms with Gasteiger partial charge in [0.05, 0.1) is 16.8 Å². The largest absolute Gasteiger partial charge is 0.328 e. The van der Waals surface area contributed by atoms with Crippen LogP contribution in [-0.4, -0.2) is 41.1 Å². The van der Waals surface area contributed by atoms with E-state index >= 15 is 0 Å². The number of benzene rings is 1. The van der Waals surface area contributed by atoms with Crippen molar-refractivity contribution in [2.24, 2.45) is 5.92 Å². The maximum absolute atomic E-state index is 12.3. The van der Waals surface area contributed by atoms with E-state index in [1.807, 2.05) is 32.0 Å². The quantitative estimate of drug-likeness (QED) is 0.805. The van der Waals surface area contributed by atoms with E-state index in [1.54, 1.807) is 4.31 Å². The van der Waals surface area contributed by atoms with E-state index in [1.165, 1.54) is 5.52 Å². The van der Waals surface area contributed by atoms with Crippen LogP contribution in [0.2, 0.25) is 0 Å². The third-order valence-electron chi connectivity index (χ3n) is 5.01. The van der Waals surface area contributed by atoms with E-state index in [0.717, 1.165) is 43.6 Å². The highest BCUT2D eigenvalue weighted by Crippen LogP contribution is 2.25. The van der Waals surface area contributed by atoms with Crippen LogP contribution in [-0.2, 0) is 16.6 Å². The number of rotatable bonds is 6. The van der Waals surface area contributed by atoms with Crippen molar-refractivity contribution in [3.05, 3.63) is 30.1 Å². The van der Waals surface area contributed by atoms with Crippen molar-refractivity contribution < 1.29 is 8.42 Å². The number of aromatic nitrogens is 2. The van der Waals surface area contributed by atoms with E-state index in [4.69, 9.17) is 0 Å². The smallest absolute Gasteiger partial charge is 0.214 e. The van der Waals surface area contributed by atoms with Gasteiger partial charge in [-0.3, -0.25) is 0 Å². The molecule has 0 amide bonds. The highest BCUT2D eigenvalue weighted by Gasteiger charge is 2.28. The Bertz CT molecular complexity index is 790. The number of hydrogen-bond acceptors (Lipinski definition) is 3. The lowest BCUT2D eigenvalue weighted by Crippen LogP contribution is -2.40. The molecule has 3 rings (SSSR count). The van der Waals surface area contributed by atoms with Crippen LogP contribution in [0.4, 0.5) is 0 Å². The van der Waals surface area contributed by atoms with Gasteiger partial charge < -0.3 is 4.57 Å². The van der Waals surface area contributed by atoms with Gasteiger partial charge in [-0.25, -0.2) is 17.7 Å². The Morgan fingerprint density at radius 3 is 2.62 bits per heavy atom. The van der Waals surface area contributed by atoms with Crippen molar-refractivity contribution in [2.75, 3.05) is 18.8 Å². The summed E-state index contributed by atoms with van der Waals surface area (Å²) in [6, 6.07) is 8.21. The average Bonchev–Trinajstić information content (AvgIpc) is 2.89. The van der Waals surface area contributed by atoms with Crippen LogP contribution in [0.3, 0.4) is 0 Å². The fourth-order valence-corrected chi connectivity index (χ4v) is 5.19. The third-order valence-corrected chi connectivity index (χ3v) is 6.97. The minimum atomic E-state index is -3.06. The number of unbranched alkanes of at least 4 members (excludes halogenated alkanes) is 1. The molecule has 1 fully saturated rings. The summed E-state index contributed by atoms with van der Waals surface area (Å²) in [6.07, 6.45) is 3.53. The maximum atomic E-state index is 12.3. The number of aryl methyl sites for hydroxylation is 1. The summed E-state index contributed by atoms with van der Waals surface area (Å²) in [4.78, 5) is 4.62. The normalized spacial score (nSPS) is 17.6. The number of imidazole rings is 1. The molecule has 6 heteroatoms. The van der Waals surface area contributed by atoms with E-state index in [2.05, 4.69) is 15.6 Å². The number of nitrogens with zero attached hydrogens (tertiary/aromatic N) is 3. The maximum Gasteiger partial charge on any atom is 0.214 e. The summed E-state index contributed by atoms with van der Waals surface area (Å²) >= 11 is 0. The van der Waals surface area contributed by atoms with Gasteiger partial charge >= 0.3 is 0 Å². The molecule has 5 nitrogen and oxygen atoms in total. The first-order valence-corrected chi connectivity index (χ1v) is 10.5. The molecular formula is C18H27N3O2S. The van der Waals surface area contributed by atoms with Crippen molar-refractivity contribution in [1.29, 1.82) is 0 Å². The predicted octanol–water partition coefficient (Wildman–Crippen LogP) is 3.19. The Labute approximate surface area is 144 Å². The zero-order chi connectivity index (χ0) is 17.2. The second-order valence-electron chi connectivity index (χ2n) is 6.77. The fourth-order valence-electron chi connectivity index (χ4n) is 3.51. The third kappa shape index (κ3) is 3.64. The predicted molar refractivity (Wildman–Crippen MR) is 97.5 cm³/mol. The lowest BCUT2D eigenvalue weighted by molar-refractivity contribution is 0.253. The molecule has 1 aliphatic heterocycles. The first-order valence-electron chi connectivity index (χ1n) is 8.91. The van der Waals surface area contributed by atoms with Gasteiger partial charge in [-0.15, -0.1) is 0 Å². The lowest BCUT2D eigenvalue weighted by atomic mass is 9.98. The zero-order valence-corrected chi connectivity index (χ0v) is 15.4. The van der Waals surface area contributed by atoms with Crippen LogP contribution in [0, 0.1) is 12.8 Å². The molecule has 0 saturated carbocycles. The number of fused-ring (bicyclic) bond motifs is 1. The zero-order valence-electron chi connectivity index (χ0n) is 14.6. The van der Waals surface area contributed by atoms with Crippen molar-refractivity contribution in [1.82, 2.24) is 13.9 Å². The highest BCUT2D eigenvalue weighted by molar-refractivity contribution is 7.89. The molecule has 1 saturated heterocycles. The van der Waals surface area contributed by atoms with Gasteiger partial charge in [0, 0.05) is 19.6 Å². The Balaban J connectivity index is 1.64. The molecule has 0 N–H and O–H groups in total. The second kappa shape index (κ2) is 7.23. The van der Waals surface area contributed by atoms with Crippen molar-refractivity contribution in [3.8, 4) is 0 Å². The van der Waals surface area contributed by atoms with Gasteiger partial charge in [0.2, 0.25) is 10.0 Å². The lowest BCUT2D eigenvalue weighted by Gasteiger charge is -2.31. The summed E-state index contributed by atoms with van der Waals surface area (Å²) < 4.78 is 28.6. The summed E-state index contributed by atoms with van der Waals surface area (Å²) in [5.74, 6) is 1.84. The monoisotopic (exact) mass is 349 g/mol. The second-order valence-corrected chi connectivity index (χ2v) is 8.86. The standard InChI is InChI=1S/C18H27N3O2S/c1-3-4-13-24(22,23)20-11-9-16(10-12-20)14-21-15(2)19-17-7-5-6-8-18(17)21/h5-8,16H,3-4,9-14H2,1-2H3. The summed E-state index contributed by atoms with van der Waals surface area (Å²) in [6.45, 7) is 6.31. The molecular weight excluding hydrogens is 322 g/mol. The molecule has 1 aromatic heterocycles. The van der Waals surface area contributed by atoms with Gasteiger partial charge in [0.25, 0.3) is 0 Å². The van der Waals surface area contributed by atoms with Crippen LogP contribution in [0.5, 0.6) is 0 Å². The van der Waals surface area contributed by atoms with Gasteiger partial charge in [0.1, 0.15) is 5.82 Å². The number of piperidine rings is 1. The van der Waals surface area contributed by atoms with Crippen LogP contribution in [0.15, 0.2) is 24.3 Å². The van der Waals surface area contributed by atoms with Crippen molar-refractivity contribution >= 4 is 21.1 Å². The van der Waals surface area contributed by atoms with Crippen LogP contribution < -0.4 is 0 Å². The van der Waals surface area contributed by atoms with Crippen LogP contribution >= 0.6 is 0 Å². The highest BCUT2D eigenvalue weighted by atomic mass is 32.2. The molecule has 0 radical (unpaired) electrons. The summed E-state index contributed by atoms with van der Waals surface area (Å²) in [7, 11) is -3.06. The van der Waals surface area contributed by atoms with Crippen molar-refractivity contribution in [3.63, 3.8) is 0 Å². The average molecular weight is 350 g/mol. The SMILES string of the molecule is CCCCS(=O)(=O)N1CCC(Cn2c(C)nc3ccccc32)CC1. The van der Waals surface area contributed by atoms with Gasteiger partial charge in [-0.05, 0) is 44.2 Å². The molecule has 0 spiro atoms. The molecule has 0 bridgehead atoms. The first-order chi connectivity index (χ1) is 11.5. The summed E-state index contributed by atoms with van der Waals surface area (Å²) in [5.41, 5.74) is 2.21. The van der Waals surface area contributed by atoms with E-state index < -0.39 is 10.0 Å². The Morgan fingerprint density at radius 2 is 1.92 bits per heavy atom. The molecule has 132 valence electrons. The molecule has 1 aliphatic rings. The van der Waals surface area contributed by atoms with E-state index in [-0.39, 0.29) is 0 Å². The van der Waals surface area contributed by atoms with E-state index in [9.17, 15) is 8.42 Å². The molecule has 1 aromatic carbocycles. The van der Waals surface area contributed by atoms with Crippen LogP contribution in [0.25, 0.3) is 11.0 Å². The Morgan fingerprint density at radius 1 is 1.21 bits per heavy atom. The topological polar surface area (TPSA) is 55.2 Å². The molecule has 0 atom stereocenters. The first kappa shape index (κ1) is 17.4. The fraction of sp³-hybridized carbons (Fsp3) is 0.611. The number of hydrogen-bond donors (Lipinski definition) is 0. The number of para-hydroxylation sites is 2. The molecule has 2 heterocycles. The van der Waals surface area contributed by atoms with Crippen molar-refractivity contribution in [2.45, 2.75) is 46.1 Å². The minimum Gasteiger partial charge on any atom is -0.328 e.